The van der Waals surface area contributed by atoms with E-state index in [4.69, 9.17) is 9.47 Å². The molecule has 2 aromatic rings. The number of nitrogens with zero attached hydrogens (tertiary/aromatic N) is 1. The number of unbranched alkanes of at least 4 members (excludes halogenated alkanes) is 1. The molecule has 1 aromatic heterocycles. The molecule has 0 radical (unpaired) electrons. The molecule has 0 aliphatic carbocycles. The van der Waals surface area contributed by atoms with Gasteiger partial charge in [-0.3, -0.25) is 4.98 Å². The number of aryl methyl sites for hydroxylation is 1. The van der Waals surface area contributed by atoms with E-state index in [0.29, 0.717) is 0 Å². The first kappa shape index (κ1) is 16.9. The van der Waals surface area contributed by atoms with E-state index in [-0.39, 0.29) is 6.29 Å². The molecule has 0 amide bonds. The van der Waals surface area contributed by atoms with Crippen LogP contribution in [0.1, 0.15) is 43.4 Å². The van der Waals surface area contributed by atoms with Crippen LogP contribution in [-0.4, -0.2) is 24.5 Å². The van der Waals surface area contributed by atoms with Crippen LogP contribution in [0.25, 0.3) is 10.8 Å². The van der Waals surface area contributed by atoms with Crippen molar-refractivity contribution in [1.82, 2.24) is 4.98 Å². The molecule has 0 spiro atoms. The fourth-order valence-corrected chi connectivity index (χ4v) is 3.60. The minimum atomic E-state index is 0.0288. The normalized spacial score (nSPS) is 18.4. The molecule has 2 heterocycles. The van der Waals surface area contributed by atoms with Gasteiger partial charge in [0.05, 0.1) is 5.69 Å². The van der Waals surface area contributed by atoms with Gasteiger partial charge >= 0.3 is 0 Å². The number of hydrogen-bond acceptors (Lipinski definition) is 3. The quantitative estimate of drug-likeness (QED) is 0.502. The number of pyridine rings is 1. The zero-order chi connectivity index (χ0) is 15.9. The van der Waals surface area contributed by atoms with Crippen molar-refractivity contribution in [3.8, 4) is 0 Å². The van der Waals surface area contributed by atoms with E-state index in [1.165, 1.54) is 29.2 Å². The van der Waals surface area contributed by atoms with E-state index in [0.717, 1.165) is 49.9 Å². The van der Waals surface area contributed by atoms with Crippen molar-refractivity contribution in [3.05, 3.63) is 41.7 Å². The third-order valence-electron chi connectivity index (χ3n) is 4.38. The van der Waals surface area contributed by atoms with Crippen LogP contribution >= 0.6 is 15.9 Å². The Morgan fingerprint density at radius 2 is 2.13 bits per heavy atom. The molecule has 1 unspecified atom stereocenters. The number of ether oxygens (including phenoxy) is 2. The van der Waals surface area contributed by atoms with Gasteiger partial charge < -0.3 is 9.47 Å². The summed E-state index contributed by atoms with van der Waals surface area (Å²) in [6.45, 7) is 1.63. The maximum absolute atomic E-state index is 5.82. The van der Waals surface area contributed by atoms with Crippen molar-refractivity contribution in [2.75, 3.05) is 13.2 Å². The molecule has 3 nitrogen and oxygen atoms in total. The van der Waals surface area contributed by atoms with Gasteiger partial charge in [-0.25, -0.2) is 0 Å². The van der Waals surface area contributed by atoms with Gasteiger partial charge in [-0.05, 0) is 49.5 Å². The number of hydrogen-bond donors (Lipinski definition) is 0. The number of aromatic nitrogens is 1. The summed E-state index contributed by atoms with van der Waals surface area (Å²) >= 11 is 3.57. The molecule has 1 aliphatic rings. The van der Waals surface area contributed by atoms with Crippen molar-refractivity contribution < 1.29 is 9.47 Å². The summed E-state index contributed by atoms with van der Waals surface area (Å²) in [6, 6.07) is 8.51. The molecule has 124 valence electrons. The minimum Gasteiger partial charge on any atom is -0.353 e. The van der Waals surface area contributed by atoms with Crippen LogP contribution in [0, 0.1) is 0 Å². The topological polar surface area (TPSA) is 31.4 Å². The van der Waals surface area contributed by atoms with E-state index in [2.05, 4.69) is 45.2 Å². The highest BCUT2D eigenvalue weighted by Crippen LogP contribution is 2.24. The average molecular weight is 378 g/mol. The van der Waals surface area contributed by atoms with E-state index in [1.807, 2.05) is 6.20 Å². The zero-order valence-electron chi connectivity index (χ0n) is 13.5. The Labute approximate surface area is 146 Å². The van der Waals surface area contributed by atoms with Gasteiger partial charge in [0.15, 0.2) is 6.29 Å². The summed E-state index contributed by atoms with van der Waals surface area (Å²) in [4.78, 5) is 4.60. The maximum atomic E-state index is 5.82. The molecule has 1 atom stereocenters. The second-order valence-electron chi connectivity index (χ2n) is 6.03. The standard InChI is InChI=1S/C19H24BrNO2/c20-13-18-17(16-8-2-1-7-15(16)14-21-18)9-3-5-11-22-19-10-4-6-12-23-19/h1-2,7-8,14,19H,3-6,9-13H2. The Kier molecular flexibility index (Phi) is 6.43. The molecule has 0 bridgehead atoms. The van der Waals surface area contributed by atoms with Gasteiger partial charge in [-0.2, -0.15) is 0 Å². The van der Waals surface area contributed by atoms with Crippen LogP contribution in [0.3, 0.4) is 0 Å². The van der Waals surface area contributed by atoms with Crippen molar-refractivity contribution in [2.45, 2.75) is 50.1 Å². The van der Waals surface area contributed by atoms with Crippen LogP contribution in [0.2, 0.25) is 0 Å². The van der Waals surface area contributed by atoms with Gasteiger partial charge in [0, 0.05) is 30.1 Å². The summed E-state index contributed by atoms with van der Waals surface area (Å²) < 4.78 is 11.4. The second kappa shape index (κ2) is 8.76. The number of rotatable bonds is 7. The first-order chi connectivity index (χ1) is 11.4. The molecule has 3 rings (SSSR count). The van der Waals surface area contributed by atoms with Gasteiger partial charge in [0.25, 0.3) is 0 Å². The second-order valence-corrected chi connectivity index (χ2v) is 6.59. The molecule has 1 fully saturated rings. The molecule has 1 aromatic carbocycles. The lowest BCUT2D eigenvalue weighted by Crippen LogP contribution is -2.22. The number of fused-ring (bicyclic) bond motifs is 1. The van der Waals surface area contributed by atoms with Crippen LogP contribution in [0.5, 0.6) is 0 Å². The zero-order valence-corrected chi connectivity index (χ0v) is 15.1. The van der Waals surface area contributed by atoms with Crippen molar-refractivity contribution in [2.24, 2.45) is 0 Å². The minimum absolute atomic E-state index is 0.0288. The summed E-state index contributed by atoms with van der Waals surface area (Å²) in [7, 11) is 0. The molecule has 23 heavy (non-hydrogen) atoms. The molecule has 0 N–H and O–H groups in total. The molecular formula is C19H24BrNO2. The Balaban J connectivity index is 1.54. The summed E-state index contributed by atoms with van der Waals surface area (Å²) in [6.07, 6.45) is 8.66. The largest absolute Gasteiger partial charge is 0.353 e. The monoisotopic (exact) mass is 377 g/mol. The van der Waals surface area contributed by atoms with E-state index >= 15 is 0 Å². The smallest absolute Gasteiger partial charge is 0.157 e. The lowest BCUT2D eigenvalue weighted by molar-refractivity contribution is -0.162. The molecule has 0 saturated carbocycles. The van der Waals surface area contributed by atoms with Gasteiger partial charge in [0.1, 0.15) is 0 Å². The third-order valence-corrected chi connectivity index (χ3v) is 4.91. The summed E-state index contributed by atoms with van der Waals surface area (Å²) in [5.74, 6) is 0. The first-order valence-corrected chi connectivity index (χ1v) is 9.65. The predicted octanol–water partition coefficient (Wildman–Crippen LogP) is 5.00. The van der Waals surface area contributed by atoms with Crippen LogP contribution < -0.4 is 0 Å². The van der Waals surface area contributed by atoms with E-state index in [1.54, 1.807) is 0 Å². The third kappa shape index (κ3) is 4.52. The molecule has 1 aliphatic heterocycles. The lowest BCUT2D eigenvalue weighted by atomic mass is 10.00. The Morgan fingerprint density at radius 3 is 2.96 bits per heavy atom. The van der Waals surface area contributed by atoms with Gasteiger partial charge in [-0.15, -0.1) is 0 Å². The first-order valence-electron chi connectivity index (χ1n) is 8.53. The van der Waals surface area contributed by atoms with Crippen molar-refractivity contribution in [3.63, 3.8) is 0 Å². The average Bonchev–Trinajstić information content (AvgIpc) is 2.62. The number of halogens is 1. The van der Waals surface area contributed by atoms with E-state index < -0.39 is 0 Å². The Bertz CT molecular complexity index is 626. The van der Waals surface area contributed by atoms with Crippen LogP contribution in [0.4, 0.5) is 0 Å². The fourth-order valence-electron chi connectivity index (χ4n) is 3.12. The van der Waals surface area contributed by atoms with Crippen LogP contribution in [-0.2, 0) is 21.2 Å². The summed E-state index contributed by atoms with van der Waals surface area (Å²) in [5.41, 5.74) is 2.52. The lowest BCUT2D eigenvalue weighted by Gasteiger charge is -2.22. The number of benzene rings is 1. The highest BCUT2D eigenvalue weighted by atomic mass is 79.9. The highest BCUT2D eigenvalue weighted by molar-refractivity contribution is 9.08. The summed E-state index contributed by atoms with van der Waals surface area (Å²) in [5, 5.41) is 3.35. The molecular weight excluding hydrogens is 354 g/mol. The fraction of sp³-hybridized carbons (Fsp3) is 0.526. The SMILES string of the molecule is BrCc1ncc2ccccc2c1CCCCOC1CCCCO1. The van der Waals surface area contributed by atoms with Crippen LogP contribution in [0.15, 0.2) is 30.5 Å². The molecule has 4 heteroatoms. The van der Waals surface area contributed by atoms with Crippen molar-refractivity contribution in [1.29, 1.82) is 0 Å². The maximum Gasteiger partial charge on any atom is 0.157 e. The van der Waals surface area contributed by atoms with Crippen molar-refractivity contribution >= 4 is 26.7 Å². The van der Waals surface area contributed by atoms with Gasteiger partial charge in [-0.1, -0.05) is 40.2 Å². The van der Waals surface area contributed by atoms with Gasteiger partial charge in [0.2, 0.25) is 0 Å². The number of alkyl halides is 1. The Morgan fingerprint density at radius 1 is 1.22 bits per heavy atom. The van der Waals surface area contributed by atoms with E-state index in [9.17, 15) is 0 Å². The predicted molar refractivity (Wildman–Crippen MR) is 96.9 cm³/mol. The molecule has 1 saturated heterocycles. The highest BCUT2D eigenvalue weighted by Gasteiger charge is 2.13. The Hall–Kier alpha value is -0.970.